The summed E-state index contributed by atoms with van der Waals surface area (Å²) < 4.78 is 25.2. The number of aromatic nitrogens is 1. The summed E-state index contributed by atoms with van der Waals surface area (Å²) in [6, 6.07) is 1.26. The van der Waals surface area contributed by atoms with Gasteiger partial charge in [-0.15, -0.1) is 0 Å². The molecule has 0 spiro atoms. The average molecular weight is 255 g/mol. The number of hydrogen-bond donors (Lipinski definition) is 1. The fraction of sp³-hybridized carbons (Fsp3) is 0.286. The zero-order chi connectivity index (χ0) is 10.8. The van der Waals surface area contributed by atoms with Crippen LogP contribution in [0.15, 0.2) is 17.2 Å². The van der Waals surface area contributed by atoms with Crippen LogP contribution in [0.1, 0.15) is 6.92 Å². The van der Waals surface area contributed by atoms with E-state index in [-0.39, 0.29) is 15.1 Å². The second-order valence-corrected chi connectivity index (χ2v) is 4.98. The third-order valence-electron chi connectivity index (χ3n) is 1.42. The van der Waals surface area contributed by atoms with Crippen LogP contribution < -0.4 is 4.72 Å². The number of pyridine rings is 1. The molecule has 0 saturated heterocycles. The Hall–Kier alpha value is -0.360. The van der Waals surface area contributed by atoms with Gasteiger partial charge in [-0.1, -0.05) is 30.1 Å². The maximum absolute atomic E-state index is 11.4. The van der Waals surface area contributed by atoms with Gasteiger partial charge >= 0.3 is 0 Å². The van der Waals surface area contributed by atoms with Crippen LogP contribution in [0.25, 0.3) is 0 Å². The number of hydrogen-bond acceptors (Lipinski definition) is 3. The minimum Gasteiger partial charge on any atom is -0.242 e. The molecular formula is C7H8Cl2N2O2S. The third-order valence-corrected chi connectivity index (χ3v) is 3.61. The van der Waals surface area contributed by atoms with Crippen molar-refractivity contribution in [1.29, 1.82) is 0 Å². The average Bonchev–Trinajstić information content (AvgIpc) is 2.09. The van der Waals surface area contributed by atoms with Crippen molar-refractivity contribution >= 4 is 33.2 Å². The second kappa shape index (κ2) is 4.44. The Morgan fingerprint density at radius 2 is 2.14 bits per heavy atom. The maximum atomic E-state index is 11.4. The van der Waals surface area contributed by atoms with E-state index >= 15 is 0 Å². The summed E-state index contributed by atoms with van der Waals surface area (Å²) in [6.45, 7) is 1.99. The number of nitrogens with zero attached hydrogens (tertiary/aromatic N) is 1. The molecule has 0 aromatic carbocycles. The second-order valence-electron chi connectivity index (χ2n) is 2.44. The summed E-state index contributed by atoms with van der Waals surface area (Å²) in [6.07, 6.45) is 1.16. The van der Waals surface area contributed by atoms with Gasteiger partial charge in [0.2, 0.25) is 10.0 Å². The summed E-state index contributed by atoms with van der Waals surface area (Å²) in [5, 5.41) is 0.202. The molecule has 0 saturated carbocycles. The van der Waals surface area contributed by atoms with Crippen molar-refractivity contribution in [3.05, 3.63) is 22.4 Å². The Kier molecular flexibility index (Phi) is 3.71. The van der Waals surface area contributed by atoms with Crippen molar-refractivity contribution in [3.8, 4) is 0 Å². The molecule has 14 heavy (non-hydrogen) atoms. The zero-order valence-electron chi connectivity index (χ0n) is 7.29. The van der Waals surface area contributed by atoms with Crippen molar-refractivity contribution in [1.82, 2.24) is 9.71 Å². The van der Waals surface area contributed by atoms with Crippen molar-refractivity contribution < 1.29 is 8.42 Å². The van der Waals surface area contributed by atoms with E-state index in [1.165, 1.54) is 6.07 Å². The molecule has 0 aliphatic carbocycles. The van der Waals surface area contributed by atoms with Gasteiger partial charge in [0.1, 0.15) is 10.0 Å². The van der Waals surface area contributed by atoms with Crippen LogP contribution in [0.4, 0.5) is 0 Å². The first kappa shape index (κ1) is 11.7. The number of rotatable bonds is 3. The van der Waals surface area contributed by atoms with Crippen LogP contribution in [0.5, 0.6) is 0 Å². The van der Waals surface area contributed by atoms with E-state index in [9.17, 15) is 8.42 Å². The predicted octanol–water partition coefficient (Wildman–Crippen LogP) is 1.69. The summed E-state index contributed by atoms with van der Waals surface area (Å²) >= 11 is 11.2. The van der Waals surface area contributed by atoms with Crippen LogP contribution in [0.2, 0.25) is 10.2 Å². The fourth-order valence-electron chi connectivity index (χ4n) is 0.824. The first-order valence-corrected chi connectivity index (χ1v) is 6.02. The molecule has 0 amide bonds. The number of halogens is 2. The first-order chi connectivity index (χ1) is 6.47. The van der Waals surface area contributed by atoms with Gasteiger partial charge in [0, 0.05) is 12.7 Å². The van der Waals surface area contributed by atoms with E-state index in [2.05, 4.69) is 9.71 Å². The Balaban J connectivity index is 3.15. The maximum Gasteiger partial charge on any atom is 0.242 e. The summed E-state index contributed by atoms with van der Waals surface area (Å²) in [4.78, 5) is 3.65. The highest BCUT2D eigenvalue weighted by atomic mass is 35.5. The molecule has 0 unspecified atom stereocenters. The van der Waals surface area contributed by atoms with Crippen molar-refractivity contribution in [3.63, 3.8) is 0 Å². The van der Waals surface area contributed by atoms with Crippen LogP contribution in [-0.4, -0.2) is 19.9 Å². The smallest absolute Gasteiger partial charge is 0.242 e. The minimum atomic E-state index is -3.51. The lowest BCUT2D eigenvalue weighted by Gasteiger charge is -2.04. The van der Waals surface area contributed by atoms with E-state index in [1.807, 2.05) is 0 Å². The van der Waals surface area contributed by atoms with E-state index in [0.29, 0.717) is 6.54 Å². The van der Waals surface area contributed by atoms with Gasteiger partial charge in [-0.3, -0.25) is 0 Å². The fourth-order valence-corrected chi connectivity index (χ4v) is 2.17. The molecule has 4 nitrogen and oxygen atoms in total. The van der Waals surface area contributed by atoms with Gasteiger partial charge in [-0.2, -0.15) is 0 Å². The lowest BCUT2D eigenvalue weighted by Crippen LogP contribution is -2.23. The van der Waals surface area contributed by atoms with Crippen molar-refractivity contribution in [2.45, 2.75) is 11.8 Å². The Bertz CT molecular complexity index is 433. The Morgan fingerprint density at radius 3 is 2.64 bits per heavy atom. The molecule has 1 N–H and O–H groups in total. The van der Waals surface area contributed by atoms with Crippen LogP contribution >= 0.6 is 23.2 Å². The third kappa shape index (κ3) is 2.57. The molecule has 0 radical (unpaired) electrons. The molecule has 0 aliphatic rings. The van der Waals surface area contributed by atoms with Crippen LogP contribution in [0, 0.1) is 0 Å². The molecular weight excluding hydrogens is 247 g/mol. The van der Waals surface area contributed by atoms with Gasteiger partial charge in [0.05, 0.1) is 5.02 Å². The molecule has 0 fully saturated rings. The highest BCUT2D eigenvalue weighted by molar-refractivity contribution is 7.89. The minimum absolute atomic E-state index is 0.00810. The molecule has 1 heterocycles. The molecule has 0 bridgehead atoms. The van der Waals surface area contributed by atoms with Gasteiger partial charge in [-0.05, 0) is 6.07 Å². The summed E-state index contributed by atoms with van der Waals surface area (Å²) in [5.41, 5.74) is 0. The zero-order valence-corrected chi connectivity index (χ0v) is 9.62. The SMILES string of the molecule is CCNS(=O)(=O)c1cnc(Cl)c(Cl)c1. The van der Waals surface area contributed by atoms with Crippen molar-refractivity contribution in [2.75, 3.05) is 6.54 Å². The highest BCUT2D eigenvalue weighted by Crippen LogP contribution is 2.21. The predicted molar refractivity (Wildman–Crippen MR) is 55.1 cm³/mol. The highest BCUT2D eigenvalue weighted by Gasteiger charge is 2.14. The van der Waals surface area contributed by atoms with Gasteiger partial charge in [-0.25, -0.2) is 18.1 Å². The van der Waals surface area contributed by atoms with E-state index in [1.54, 1.807) is 6.92 Å². The quantitative estimate of drug-likeness (QED) is 0.836. The van der Waals surface area contributed by atoms with Gasteiger partial charge in [0.15, 0.2) is 0 Å². The Labute approximate surface area is 92.3 Å². The molecule has 7 heteroatoms. The molecule has 1 aromatic rings. The normalized spacial score (nSPS) is 11.6. The molecule has 1 rings (SSSR count). The lowest BCUT2D eigenvalue weighted by atomic mass is 10.5. The molecule has 0 aliphatic heterocycles. The summed E-state index contributed by atoms with van der Waals surface area (Å²) in [5.74, 6) is 0. The standard InChI is InChI=1S/C7H8Cl2N2O2S/c1-2-11-14(12,13)5-3-6(8)7(9)10-4-5/h3-4,11H,2H2,1H3. The largest absolute Gasteiger partial charge is 0.242 e. The van der Waals surface area contributed by atoms with Crippen LogP contribution in [-0.2, 0) is 10.0 Å². The first-order valence-electron chi connectivity index (χ1n) is 3.78. The number of sulfonamides is 1. The topological polar surface area (TPSA) is 59.1 Å². The molecule has 0 atom stereocenters. The lowest BCUT2D eigenvalue weighted by molar-refractivity contribution is 0.583. The van der Waals surface area contributed by atoms with Crippen molar-refractivity contribution in [2.24, 2.45) is 0 Å². The van der Waals surface area contributed by atoms with E-state index in [4.69, 9.17) is 23.2 Å². The van der Waals surface area contributed by atoms with E-state index in [0.717, 1.165) is 6.20 Å². The van der Waals surface area contributed by atoms with Gasteiger partial charge < -0.3 is 0 Å². The molecule has 1 aromatic heterocycles. The monoisotopic (exact) mass is 254 g/mol. The van der Waals surface area contributed by atoms with E-state index < -0.39 is 10.0 Å². The van der Waals surface area contributed by atoms with Crippen LogP contribution in [0.3, 0.4) is 0 Å². The molecule has 78 valence electrons. The number of nitrogens with one attached hydrogen (secondary N) is 1. The summed E-state index contributed by atoms with van der Waals surface area (Å²) in [7, 11) is -3.51. The van der Waals surface area contributed by atoms with Gasteiger partial charge in [0.25, 0.3) is 0 Å². The Morgan fingerprint density at radius 1 is 1.50 bits per heavy atom.